The molecule has 3 aromatic rings. The first-order valence-electron chi connectivity index (χ1n) is 9.78. The molecule has 2 aromatic heterocycles. The van der Waals surface area contributed by atoms with Crippen molar-refractivity contribution in [1.29, 1.82) is 0 Å². The number of aromatic nitrogens is 3. The van der Waals surface area contributed by atoms with Crippen LogP contribution in [0.2, 0.25) is 0 Å². The molecule has 1 unspecified atom stereocenters. The van der Waals surface area contributed by atoms with Crippen LogP contribution in [0, 0.1) is 6.92 Å². The predicted molar refractivity (Wildman–Crippen MR) is 109 cm³/mol. The van der Waals surface area contributed by atoms with Gasteiger partial charge in [0.2, 0.25) is 0 Å². The second-order valence-corrected chi connectivity index (χ2v) is 8.86. The van der Waals surface area contributed by atoms with Gasteiger partial charge in [0, 0.05) is 35.6 Å². The highest BCUT2D eigenvalue weighted by molar-refractivity contribution is 7.09. The molecule has 5 rings (SSSR count). The molecule has 6 heteroatoms. The molecule has 5 nitrogen and oxygen atoms in total. The molecule has 1 saturated heterocycles. The highest BCUT2D eigenvalue weighted by atomic mass is 32.1. The fraction of sp³-hybridized carbons (Fsp3) is 0.364. The molecule has 0 N–H and O–H groups in total. The lowest BCUT2D eigenvalue weighted by Gasteiger charge is -2.40. The number of thiazole rings is 1. The van der Waals surface area contributed by atoms with Crippen molar-refractivity contribution in [3.63, 3.8) is 0 Å². The van der Waals surface area contributed by atoms with E-state index in [0.717, 1.165) is 60.9 Å². The van der Waals surface area contributed by atoms with E-state index in [1.54, 1.807) is 0 Å². The van der Waals surface area contributed by atoms with Gasteiger partial charge in [-0.2, -0.15) is 0 Å². The Morgan fingerprint density at radius 2 is 2.04 bits per heavy atom. The number of nitrogens with zero attached hydrogens (tertiary/aromatic N) is 4. The van der Waals surface area contributed by atoms with Crippen LogP contribution in [0.3, 0.4) is 0 Å². The Hall–Kier alpha value is -2.60. The molecular formula is C22H22N4OS. The zero-order valence-electron chi connectivity index (χ0n) is 15.9. The Morgan fingerprint density at radius 1 is 1.18 bits per heavy atom. The minimum Gasteiger partial charge on any atom is -0.336 e. The van der Waals surface area contributed by atoms with E-state index in [1.165, 1.54) is 16.9 Å². The van der Waals surface area contributed by atoms with Gasteiger partial charge in [-0.05, 0) is 38.2 Å². The van der Waals surface area contributed by atoms with E-state index in [1.807, 2.05) is 53.7 Å². The third-order valence-corrected chi connectivity index (χ3v) is 6.75. The second-order valence-electron chi connectivity index (χ2n) is 7.80. The second kappa shape index (κ2) is 6.78. The van der Waals surface area contributed by atoms with Crippen LogP contribution in [0.5, 0.6) is 0 Å². The first kappa shape index (κ1) is 17.5. The normalized spacial score (nSPS) is 21.1. The minimum atomic E-state index is -0.0548. The minimum absolute atomic E-state index is 0.0502. The molecule has 1 spiro atoms. The van der Waals surface area contributed by atoms with E-state index in [0.29, 0.717) is 5.69 Å². The molecule has 1 aliphatic heterocycles. The Balaban J connectivity index is 1.47. The number of benzene rings is 1. The Kier molecular flexibility index (Phi) is 4.23. The topological polar surface area (TPSA) is 59.0 Å². The van der Waals surface area contributed by atoms with Crippen molar-refractivity contribution in [2.45, 2.75) is 38.0 Å². The summed E-state index contributed by atoms with van der Waals surface area (Å²) in [5.41, 5.74) is 3.94. The van der Waals surface area contributed by atoms with E-state index >= 15 is 0 Å². The number of likely N-dealkylation sites (tertiary alicyclic amines) is 1. The monoisotopic (exact) mass is 390 g/mol. The zero-order valence-corrected chi connectivity index (χ0v) is 16.7. The smallest absolute Gasteiger partial charge is 0.273 e. The summed E-state index contributed by atoms with van der Waals surface area (Å²) >= 11 is 1.53. The Bertz CT molecular complexity index is 1030. The van der Waals surface area contributed by atoms with Crippen LogP contribution >= 0.6 is 11.3 Å². The van der Waals surface area contributed by atoms with Crippen LogP contribution < -0.4 is 0 Å². The molecule has 0 bridgehead atoms. The van der Waals surface area contributed by atoms with Crippen LogP contribution in [0.15, 0.2) is 41.9 Å². The number of amides is 1. The molecule has 1 fully saturated rings. The zero-order chi connectivity index (χ0) is 19.1. The molecule has 0 saturated carbocycles. The highest BCUT2D eigenvalue weighted by Gasteiger charge is 2.45. The fourth-order valence-electron chi connectivity index (χ4n) is 4.59. The summed E-state index contributed by atoms with van der Waals surface area (Å²) in [4.78, 5) is 29.0. The summed E-state index contributed by atoms with van der Waals surface area (Å²) in [6.07, 6.45) is 6.09. The SMILES string of the molecule is Cc1nc(C(=O)N2CCCC3(CCc4cnc(-c5ccccc5)nc43)C2)cs1. The van der Waals surface area contributed by atoms with Crippen LogP contribution in [0.4, 0.5) is 0 Å². The van der Waals surface area contributed by atoms with Gasteiger partial charge in [0.15, 0.2) is 5.82 Å². The Labute approximate surface area is 168 Å². The van der Waals surface area contributed by atoms with Crippen molar-refractivity contribution in [3.8, 4) is 11.4 Å². The third kappa shape index (κ3) is 2.92. The van der Waals surface area contributed by atoms with E-state index in [2.05, 4.69) is 9.97 Å². The van der Waals surface area contributed by atoms with Crippen LogP contribution in [-0.4, -0.2) is 38.8 Å². The van der Waals surface area contributed by atoms with Gasteiger partial charge in [-0.15, -0.1) is 11.3 Å². The number of hydrogen-bond donors (Lipinski definition) is 0. The van der Waals surface area contributed by atoms with E-state index in [-0.39, 0.29) is 11.3 Å². The van der Waals surface area contributed by atoms with Crippen molar-refractivity contribution in [2.75, 3.05) is 13.1 Å². The van der Waals surface area contributed by atoms with Crippen molar-refractivity contribution in [3.05, 3.63) is 63.9 Å². The molecule has 1 amide bonds. The van der Waals surface area contributed by atoms with Gasteiger partial charge in [-0.1, -0.05) is 30.3 Å². The number of carbonyl (C=O) groups excluding carboxylic acids is 1. The average molecular weight is 391 g/mol. The average Bonchev–Trinajstić information content (AvgIpc) is 3.32. The van der Waals surface area contributed by atoms with Crippen LogP contribution in [-0.2, 0) is 11.8 Å². The van der Waals surface area contributed by atoms with Gasteiger partial charge >= 0.3 is 0 Å². The summed E-state index contributed by atoms with van der Waals surface area (Å²) in [6.45, 7) is 3.46. The summed E-state index contributed by atoms with van der Waals surface area (Å²) in [7, 11) is 0. The summed E-state index contributed by atoms with van der Waals surface area (Å²) in [5, 5.41) is 2.80. The lowest BCUT2D eigenvalue weighted by molar-refractivity contribution is 0.0628. The van der Waals surface area contributed by atoms with Gasteiger partial charge in [0.25, 0.3) is 5.91 Å². The molecule has 0 radical (unpaired) electrons. The number of hydrogen-bond acceptors (Lipinski definition) is 5. The molecule has 1 aliphatic carbocycles. The lowest BCUT2D eigenvalue weighted by atomic mass is 9.77. The largest absolute Gasteiger partial charge is 0.336 e. The number of rotatable bonds is 2. The number of piperidine rings is 1. The van der Waals surface area contributed by atoms with Crippen molar-refractivity contribution in [1.82, 2.24) is 19.9 Å². The highest BCUT2D eigenvalue weighted by Crippen LogP contribution is 2.44. The molecular weight excluding hydrogens is 368 g/mol. The van der Waals surface area contributed by atoms with Gasteiger partial charge < -0.3 is 4.90 Å². The quantitative estimate of drug-likeness (QED) is 0.663. The standard InChI is InChI=1S/C22H22N4OS/c1-15-24-18(13-28-15)21(27)26-11-5-9-22(14-26)10-8-17-12-23-20(25-19(17)22)16-6-3-2-4-7-16/h2-4,6-7,12-13H,5,8-11,14H2,1H3. The van der Waals surface area contributed by atoms with Crippen molar-refractivity contribution >= 4 is 17.2 Å². The van der Waals surface area contributed by atoms with Crippen molar-refractivity contribution < 1.29 is 4.79 Å². The van der Waals surface area contributed by atoms with Crippen molar-refractivity contribution in [2.24, 2.45) is 0 Å². The summed E-state index contributed by atoms with van der Waals surface area (Å²) < 4.78 is 0. The molecule has 3 heterocycles. The molecule has 1 atom stereocenters. The Morgan fingerprint density at radius 3 is 2.82 bits per heavy atom. The van der Waals surface area contributed by atoms with Crippen LogP contribution in [0.1, 0.15) is 46.0 Å². The predicted octanol–water partition coefficient (Wildman–Crippen LogP) is 4.03. The molecule has 2 aliphatic rings. The van der Waals surface area contributed by atoms with Gasteiger partial charge in [-0.25, -0.2) is 15.0 Å². The first-order valence-corrected chi connectivity index (χ1v) is 10.7. The molecule has 28 heavy (non-hydrogen) atoms. The lowest BCUT2D eigenvalue weighted by Crippen LogP contribution is -2.48. The van der Waals surface area contributed by atoms with E-state index in [9.17, 15) is 4.79 Å². The van der Waals surface area contributed by atoms with Crippen LogP contribution in [0.25, 0.3) is 11.4 Å². The third-order valence-electron chi connectivity index (χ3n) is 5.97. The maximum atomic E-state index is 13.0. The maximum absolute atomic E-state index is 13.0. The van der Waals surface area contributed by atoms with Gasteiger partial charge in [-0.3, -0.25) is 4.79 Å². The summed E-state index contributed by atoms with van der Waals surface area (Å²) in [5.74, 6) is 0.827. The summed E-state index contributed by atoms with van der Waals surface area (Å²) in [6, 6.07) is 10.1. The maximum Gasteiger partial charge on any atom is 0.273 e. The molecule has 1 aromatic carbocycles. The number of fused-ring (bicyclic) bond motifs is 2. The van der Waals surface area contributed by atoms with E-state index in [4.69, 9.17) is 4.98 Å². The first-order chi connectivity index (χ1) is 13.6. The van der Waals surface area contributed by atoms with Gasteiger partial charge in [0.05, 0.1) is 10.7 Å². The number of carbonyl (C=O) groups is 1. The van der Waals surface area contributed by atoms with Gasteiger partial charge in [0.1, 0.15) is 5.69 Å². The number of aryl methyl sites for hydroxylation is 2. The van der Waals surface area contributed by atoms with E-state index < -0.39 is 0 Å². The fourth-order valence-corrected chi connectivity index (χ4v) is 5.18. The molecule has 142 valence electrons.